The van der Waals surface area contributed by atoms with Crippen LogP contribution in [0.2, 0.25) is 5.02 Å². The summed E-state index contributed by atoms with van der Waals surface area (Å²) < 4.78 is 22.8. The fourth-order valence-electron chi connectivity index (χ4n) is 4.84. The van der Waals surface area contributed by atoms with Gasteiger partial charge in [-0.2, -0.15) is 0 Å². The molecule has 0 saturated carbocycles. The van der Waals surface area contributed by atoms with Crippen LogP contribution >= 0.6 is 11.6 Å². The number of methoxy groups -OCH3 is 2. The predicted octanol–water partition coefficient (Wildman–Crippen LogP) is 5.05. The quantitative estimate of drug-likeness (QED) is 0.392. The zero-order valence-electron chi connectivity index (χ0n) is 21.1. The summed E-state index contributed by atoms with van der Waals surface area (Å²) in [5.74, 6) is 2.33. The molecule has 37 heavy (non-hydrogen) atoms. The number of amides is 1. The molecule has 0 spiro atoms. The average Bonchev–Trinajstić information content (AvgIpc) is 3.31. The van der Waals surface area contributed by atoms with E-state index in [1.165, 1.54) is 0 Å². The minimum atomic E-state index is -0.0625. The van der Waals surface area contributed by atoms with Crippen molar-refractivity contribution in [3.05, 3.63) is 82.4 Å². The molecular weight excluding hydrogens is 492 g/mol. The van der Waals surface area contributed by atoms with Crippen molar-refractivity contribution in [3.63, 3.8) is 0 Å². The van der Waals surface area contributed by atoms with Crippen molar-refractivity contribution in [2.75, 3.05) is 40.4 Å². The van der Waals surface area contributed by atoms with E-state index in [0.717, 1.165) is 48.7 Å². The van der Waals surface area contributed by atoms with E-state index in [1.54, 1.807) is 26.4 Å². The summed E-state index contributed by atoms with van der Waals surface area (Å²) in [6, 6.07) is 19.0. The molecule has 3 aromatic rings. The molecule has 0 aromatic heterocycles. The van der Waals surface area contributed by atoms with Crippen LogP contribution in [0.15, 0.2) is 60.7 Å². The van der Waals surface area contributed by atoms with Crippen LogP contribution in [0, 0.1) is 0 Å². The molecule has 8 heteroatoms. The van der Waals surface area contributed by atoms with Crippen LogP contribution in [0.1, 0.15) is 27.9 Å². The largest absolute Gasteiger partial charge is 0.497 e. The maximum atomic E-state index is 13.6. The Kier molecular flexibility index (Phi) is 7.72. The van der Waals surface area contributed by atoms with Gasteiger partial charge in [-0.05, 0) is 53.9 Å². The number of carbonyl (C=O) groups excluding carboxylic acids is 1. The van der Waals surface area contributed by atoms with Crippen molar-refractivity contribution in [1.29, 1.82) is 0 Å². The van der Waals surface area contributed by atoms with Crippen LogP contribution in [-0.2, 0) is 13.2 Å². The molecule has 1 unspecified atom stereocenters. The number of carbonyl (C=O) groups is 1. The Morgan fingerprint density at radius 2 is 1.46 bits per heavy atom. The molecular formula is C29H31ClN2O5. The Balaban J connectivity index is 1.39. The van der Waals surface area contributed by atoms with Crippen LogP contribution in [-0.4, -0.2) is 62.1 Å². The Bertz CT molecular complexity index is 1230. The summed E-state index contributed by atoms with van der Waals surface area (Å²) in [4.78, 5) is 17.9. The van der Waals surface area contributed by atoms with Crippen molar-refractivity contribution < 1.29 is 23.7 Å². The molecule has 194 valence electrons. The zero-order chi connectivity index (χ0) is 25.8. The average molecular weight is 523 g/mol. The van der Waals surface area contributed by atoms with E-state index in [4.69, 9.17) is 30.5 Å². The molecule has 2 saturated heterocycles. The smallest absolute Gasteiger partial charge is 0.255 e. The fourth-order valence-corrected chi connectivity index (χ4v) is 5.13. The van der Waals surface area contributed by atoms with Crippen molar-refractivity contribution >= 4 is 17.5 Å². The molecule has 2 bridgehead atoms. The first-order valence-electron chi connectivity index (χ1n) is 12.4. The number of ether oxygens (including phenoxy) is 4. The van der Waals surface area contributed by atoms with Gasteiger partial charge in [-0.15, -0.1) is 0 Å². The van der Waals surface area contributed by atoms with Gasteiger partial charge in [-0.1, -0.05) is 35.9 Å². The maximum Gasteiger partial charge on any atom is 0.255 e. The Morgan fingerprint density at radius 1 is 0.838 bits per heavy atom. The lowest BCUT2D eigenvalue weighted by Crippen LogP contribution is -2.49. The third-order valence-electron chi connectivity index (χ3n) is 6.99. The van der Waals surface area contributed by atoms with Crippen LogP contribution in [0.4, 0.5) is 0 Å². The number of nitrogens with zero attached hydrogens (tertiary/aromatic N) is 2. The van der Waals surface area contributed by atoms with Gasteiger partial charge in [0.05, 0.1) is 24.8 Å². The summed E-state index contributed by atoms with van der Waals surface area (Å²) in [5.41, 5.74) is 2.35. The van der Waals surface area contributed by atoms with Crippen molar-refractivity contribution in [3.8, 4) is 23.0 Å². The van der Waals surface area contributed by atoms with Crippen molar-refractivity contribution in [2.24, 2.45) is 0 Å². The van der Waals surface area contributed by atoms with Gasteiger partial charge in [0.25, 0.3) is 5.91 Å². The Hall–Kier alpha value is -3.42. The normalized spacial score (nSPS) is 18.4. The third-order valence-corrected chi connectivity index (χ3v) is 7.37. The second kappa shape index (κ2) is 11.3. The first-order valence-corrected chi connectivity index (χ1v) is 12.8. The van der Waals surface area contributed by atoms with Crippen LogP contribution < -0.4 is 18.9 Å². The van der Waals surface area contributed by atoms with Crippen molar-refractivity contribution in [2.45, 2.75) is 25.7 Å². The summed E-state index contributed by atoms with van der Waals surface area (Å²) in [6.45, 7) is 4.14. The molecule has 7 nitrogen and oxygen atoms in total. The monoisotopic (exact) mass is 522 g/mol. The summed E-state index contributed by atoms with van der Waals surface area (Å²) in [6.07, 6.45) is 0.993. The first-order chi connectivity index (χ1) is 18.1. The minimum Gasteiger partial charge on any atom is -0.497 e. The lowest BCUT2D eigenvalue weighted by Gasteiger charge is -2.34. The van der Waals surface area contributed by atoms with E-state index in [0.29, 0.717) is 30.2 Å². The zero-order valence-corrected chi connectivity index (χ0v) is 21.9. The van der Waals surface area contributed by atoms with E-state index in [9.17, 15) is 4.79 Å². The lowest BCUT2D eigenvalue weighted by molar-refractivity contribution is 0.0609. The van der Waals surface area contributed by atoms with Crippen LogP contribution in [0.3, 0.4) is 0 Å². The number of halogens is 1. The highest BCUT2D eigenvalue weighted by Crippen LogP contribution is 2.40. The Labute approximate surface area is 222 Å². The standard InChI is InChI=1S/C29H31ClN2O5/c1-34-23-7-3-20(4-8-23)18-36-26-12-11-25(29(33)32-16-15-31-14-13-22(32)17-31)27(30)28(26)37-19-21-5-9-24(35-2)10-6-21/h3-12,22H,13-19H2,1-2H3/t22-/m0/s1. The number of rotatable bonds is 9. The molecule has 0 radical (unpaired) electrons. The highest BCUT2D eigenvalue weighted by molar-refractivity contribution is 6.35. The number of hydrogen-bond acceptors (Lipinski definition) is 6. The molecule has 2 atom stereocenters. The van der Waals surface area contributed by atoms with Gasteiger partial charge in [0.15, 0.2) is 11.5 Å². The van der Waals surface area contributed by atoms with Gasteiger partial charge < -0.3 is 23.8 Å². The topological polar surface area (TPSA) is 60.5 Å². The Morgan fingerprint density at radius 3 is 2.08 bits per heavy atom. The highest BCUT2D eigenvalue weighted by atomic mass is 35.5. The van der Waals surface area contributed by atoms with Gasteiger partial charge in [0, 0.05) is 32.2 Å². The van der Waals surface area contributed by atoms with E-state index in [1.807, 2.05) is 53.4 Å². The summed E-state index contributed by atoms with van der Waals surface area (Å²) in [7, 11) is 3.26. The number of fused-ring (bicyclic) bond motifs is 2. The second-order valence-electron chi connectivity index (χ2n) is 9.27. The molecule has 2 aliphatic heterocycles. The fraction of sp³-hybridized carbons (Fsp3) is 0.345. The highest BCUT2D eigenvalue weighted by Gasteiger charge is 2.36. The lowest BCUT2D eigenvalue weighted by atomic mass is 10.1. The molecule has 2 heterocycles. The molecule has 0 aliphatic carbocycles. The summed E-state index contributed by atoms with van der Waals surface area (Å²) >= 11 is 6.87. The maximum absolute atomic E-state index is 13.6. The molecule has 5 rings (SSSR count). The first kappa shape index (κ1) is 25.2. The SMILES string of the molecule is COc1ccc(COc2ccc(C(=O)N3CCN4CC[C@H]3C4)c(Cl)c2OCc2ccc(OC)cc2)cc1. The van der Waals surface area contributed by atoms with Crippen molar-refractivity contribution in [1.82, 2.24) is 9.80 Å². The molecule has 3 aromatic carbocycles. The van der Waals surface area contributed by atoms with Gasteiger partial charge in [-0.3, -0.25) is 9.69 Å². The predicted molar refractivity (Wildman–Crippen MR) is 142 cm³/mol. The summed E-state index contributed by atoms with van der Waals surface area (Å²) in [5, 5.41) is 0.270. The third kappa shape index (κ3) is 5.63. The van der Waals surface area contributed by atoms with E-state index < -0.39 is 0 Å². The van der Waals surface area contributed by atoms with E-state index in [2.05, 4.69) is 4.90 Å². The van der Waals surface area contributed by atoms with Crippen LogP contribution in [0.25, 0.3) is 0 Å². The van der Waals surface area contributed by atoms with Gasteiger partial charge in [0.2, 0.25) is 0 Å². The molecule has 1 amide bonds. The molecule has 2 aliphatic rings. The number of benzene rings is 3. The number of hydrogen-bond donors (Lipinski definition) is 0. The van der Waals surface area contributed by atoms with E-state index in [-0.39, 0.29) is 23.6 Å². The van der Waals surface area contributed by atoms with Gasteiger partial charge in [0.1, 0.15) is 24.7 Å². The van der Waals surface area contributed by atoms with E-state index >= 15 is 0 Å². The minimum absolute atomic E-state index is 0.0625. The van der Waals surface area contributed by atoms with Gasteiger partial charge in [-0.25, -0.2) is 0 Å². The number of piperazine rings is 1. The molecule has 2 fully saturated rings. The van der Waals surface area contributed by atoms with Gasteiger partial charge >= 0.3 is 0 Å². The molecule has 0 N–H and O–H groups in total. The second-order valence-corrected chi connectivity index (χ2v) is 9.65. The van der Waals surface area contributed by atoms with Crippen LogP contribution in [0.5, 0.6) is 23.0 Å².